The molecule has 72 valence electrons. The second-order valence-electron chi connectivity index (χ2n) is 2.72. The summed E-state index contributed by atoms with van der Waals surface area (Å²) in [4.78, 5) is 0. The van der Waals surface area contributed by atoms with Gasteiger partial charge in [0.05, 0.1) is 6.61 Å². The fourth-order valence-electron chi connectivity index (χ4n) is 1.08. The Balaban J connectivity index is 2.63. The number of ether oxygens (including phenoxy) is 1. The standard InChI is InChI=1S/C6H12O5S/c7-1-2-3(8)4(9)5(10)6(12)11-2/h2-10,12H,1H2/t2?,3-,4?,5?,6+/m1/s1. The van der Waals surface area contributed by atoms with Gasteiger partial charge in [0.2, 0.25) is 0 Å². The number of rotatable bonds is 1. The first-order valence-corrected chi connectivity index (χ1v) is 4.08. The van der Waals surface area contributed by atoms with Gasteiger partial charge in [-0.15, -0.1) is 12.6 Å². The molecule has 1 saturated heterocycles. The van der Waals surface area contributed by atoms with Crippen molar-refractivity contribution < 1.29 is 25.2 Å². The van der Waals surface area contributed by atoms with E-state index in [2.05, 4.69) is 12.6 Å². The molecular formula is C6H12O5S. The molecule has 0 aromatic rings. The Bertz CT molecular complexity index is 150. The molecule has 1 fully saturated rings. The summed E-state index contributed by atoms with van der Waals surface area (Å²) in [6.45, 7) is -0.415. The SMILES string of the molecule is OCC1O[C@@H](S)C(O)C(O)[C@@H]1O. The van der Waals surface area contributed by atoms with Crippen LogP contribution in [0.1, 0.15) is 0 Å². The van der Waals surface area contributed by atoms with Gasteiger partial charge in [0.15, 0.2) is 0 Å². The molecule has 0 amide bonds. The molecule has 5 nitrogen and oxygen atoms in total. The highest BCUT2D eigenvalue weighted by Crippen LogP contribution is 2.22. The third-order valence-electron chi connectivity index (χ3n) is 1.87. The van der Waals surface area contributed by atoms with Crippen LogP contribution in [0.4, 0.5) is 0 Å². The van der Waals surface area contributed by atoms with E-state index in [0.717, 1.165) is 0 Å². The minimum Gasteiger partial charge on any atom is -0.394 e. The normalized spacial score (nSPS) is 49.2. The highest BCUT2D eigenvalue weighted by Gasteiger charge is 2.41. The average Bonchev–Trinajstić information content (AvgIpc) is 2.08. The van der Waals surface area contributed by atoms with Crippen LogP contribution in [0.5, 0.6) is 0 Å². The summed E-state index contributed by atoms with van der Waals surface area (Å²) in [7, 11) is 0. The summed E-state index contributed by atoms with van der Waals surface area (Å²) in [5.41, 5.74) is -0.874. The molecule has 0 aliphatic carbocycles. The lowest BCUT2D eigenvalue weighted by molar-refractivity contribution is -0.205. The maximum absolute atomic E-state index is 9.20. The Labute approximate surface area is 75.0 Å². The maximum Gasteiger partial charge on any atom is 0.129 e. The third kappa shape index (κ3) is 1.73. The predicted octanol–water partition coefficient (Wildman–Crippen LogP) is -2.28. The van der Waals surface area contributed by atoms with E-state index in [-0.39, 0.29) is 0 Å². The van der Waals surface area contributed by atoms with Crippen molar-refractivity contribution in [1.82, 2.24) is 0 Å². The Morgan fingerprint density at radius 1 is 1.08 bits per heavy atom. The van der Waals surface area contributed by atoms with Gasteiger partial charge >= 0.3 is 0 Å². The second kappa shape index (κ2) is 3.91. The average molecular weight is 196 g/mol. The van der Waals surface area contributed by atoms with Crippen molar-refractivity contribution in [2.75, 3.05) is 6.61 Å². The van der Waals surface area contributed by atoms with E-state index in [1.165, 1.54) is 0 Å². The largest absolute Gasteiger partial charge is 0.394 e. The van der Waals surface area contributed by atoms with Crippen molar-refractivity contribution >= 4 is 12.6 Å². The van der Waals surface area contributed by atoms with Gasteiger partial charge in [-0.25, -0.2) is 0 Å². The molecule has 0 spiro atoms. The van der Waals surface area contributed by atoms with Gasteiger partial charge in [-0.2, -0.15) is 0 Å². The quantitative estimate of drug-likeness (QED) is 0.305. The molecule has 12 heavy (non-hydrogen) atoms. The molecule has 4 N–H and O–H groups in total. The fraction of sp³-hybridized carbons (Fsp3) is 1.00. The van der Waals surface area contributed by atoms with Gasteiger partial charge in [-0.1, -0.05) is 0 Å². The molecule has 0 aromatic heterocycles. The van der Waals surface area contributed by atoms with E-state index in [9.17, 15) is 10.2 Å². The molecule has 0 aromatic carbocycles. The van der Waals surface area contributed by atoms with Gasteiger partial charge in [0.25, 0.3) is 0 Å². The second-order valence-corrected chi connectivity index (χ2v) is 3.23. The van der Waals surface area contributed by atoms with Crippen molar-refractivity contribution in [2.45, 2.75) is 29.9 Å². The Morgan fingerprint density at radius 2 is 1.67 bits per heavy atom. The maximum atomic E-state index is 9.20. The first-order valence-electron chi connectivity index (χ1n) is 3.56. The van der Waals surface area contributed by atoms with Crippen molar-refractivity contribution in [3.05, 3.63) is 0 Å². The van der Waals surface area contributed by atoms with E-state index < -0.39 is 36.5 Å². The van der Waals surface area contributed by atoms with Crippen molar-refractivity contribution in [2.24, 2.45) is 0 Å². The number of aliphatic hydroxyl groups excluding tert-OH is 4. The minimum atomic E-state index is -1.32. The lowest BCUT2D eigenvalue weighted by atomic mass is 10.0. The predicted molar refractivity (Wildman–Crippen MR) is 42.8 cm³/mol. The zero-order valence-corrected chi connectivity index (χ0v) is 7.13. The zero-order valence-electron chi connectivity index (χ0n) is 6.24. The molecule has 5 atom stereocenters. The van der Waals surface area contributed by atoms with Crippen LogP contribution in [-0.4, -0.2) is 56.9 Å². The topological polar surface area (TPSA) is 90.2 Å². The summed E-state index contributed by atoms with van der Waals surface area (Å²) >= 11 is 3.81. The van der Waals surface area contributed by atoms with Gasteiger partial charge in [-0.05, 0) is 0 Å². The molecule has 0 saturated carbocycles. The highest BCUT2D eigenvalue weighted by molar-refractivity contribution is 7.80. The van der Waals surface area contributed by atoms with Crippen LogP contribution in [-0.2, 0) is 4.74 Å². The van der Waals surface area contributed by atoms with Crippen LogP contribution in [0.15, 0.2) is 0 Å². The van der Waals surface area contributed by atoms with Crippen LogP contribution in [0.2, 0.25) is 0 Å². The molecule has 0 bridgehead atoms. The van der Waals surface area contributed by atoms with Gasteiger partial charge < -0.3 is 25.2 Å². The monoisotopic (exact) mass is 196 g/mol. The molecular weight excluding hydrogens is 184 g/mol. The van der Waals surface area contributed by atoms with Crippen LogP contribution < -0.4 is 0 Å². The number of hydrogen-bond donors (Lipinski definition) is 5. The molecule has 1 aliphatic heterocycles. The van der Waals surface area contributed by atoms with Crippen LogP contribution in [0.3, 0.4) is 0 Å². The first-order chi connectivity index (χ1) is 5.57. The smallest absolute Gasteiger partial charge is 0.129 e. The molecule has 1 heterocycles. The van der Waals surface area contributed by atoms with Gasteiger partial charge in [0, 0.05) is 0 Å². The number of thiol groups is 1. The summed E-state index contributed by atoms with van der Waals surface area (Å²) in [6.07, 6.45) is -4.70. The summed E-state index contributed by atoms with van der Waals surface area (Å²) < 4.78 is 4.88. The molecule has 1 aliphatic rings. The summed E-state index contributed by atoms with van der Waals surface area (Å²) in [5, 5.41) is 36.2. The van der Waals surface area contributed by atoms with E-state index in [4.69, 9.17) is 14.9 Å². The van der Waals surface area contributed by atoms with Crippen molar-refractivity contribution in [1.29, 1.82) is 0 Å². The molecule has 1 rings (SSSR count). The summed E-state index contributed by atoms with van der Waals surface area (Å²) in [5.74, 6) is 0. The molecule has 0 radical (unpaired) electrons. The van der Waals surface area contributed by atoms with Crippen molar-refractivity contribution in [3.8, 4) is 0 Å². The lowest BCUT2D eigenvalue weighted by Gasteiger charge is -2.37. The minimum absolute atomic E-state index is 0.415. The highest BCUT2D eigenvalue weighted by atomic mass is 32.1. The van der Waals surface area contributed by atoms with Crippen molar-refractivity contribution in [3.63, 3.8) is 0 Å². The van der Waals surface area contributed by atoms with Crippen LogP contribution in [0.25, 0.3) is 0 Å². The Kier molecular flexibility index (Phi) is 3.33. The Morgan fingerprint density at radius 3 is 2.17 bits per heavy atom. The van der Waals surface area contributed by atoms with Crippen LogP contribution >= 0.6 is 12.6 Å². The number of aliphatic hydroxyl groups is 4. The van der Waals surface area contributed by atoms with E-state index in [1.807, 2.05) is 0 Å². The van der Waals surface area contributed by atoms with E-state index in [0.29, 0.717) is 0 Å². The lowest BCUT2D eigenvalue weighted by Crippen LogP contribution is -2.56. The zero-order chi connectivity index (χ0) is 9.30. The van der Waals surface area contributed by atoms with Gasteiger partial charge in [0.1, 0.15) is 29.9 Å². The Hall–Kier alpha value is 0.150. The first kappa shape index (κ1) is 10.2. The fourth-order valence-corrected chi connectivity index (χ4v) is 1.41. The molecule has 3 unspecified atom stereocenters. The van der Waals surface area contributed by atoms with Gasteiger partial charge in [-0.3, -0.25) is 0 Å². The molecule has 6 heteroatoms. The summed E-state index contributed by atoms with van der Waals surface area (Å²) in [6, 6.07) is 0. The number of hydrogen-bond acceptors (Lipinski definition) is 6. The van der Waals surface area contributed by atoms with E-state index in [1.54, 1.807) is 0 Å². The van der Waals surface area contributed by atoms with E-state index >= 15 is 0 Å². The van der Waals surface area contributed by atoms with Crippen LogP contribution in [0, 0.1) is 0 Å². The third-order valence-corrected chi connectivity index (χ3v) is 2.29.